The molecule has 3 rings (SSSR count). The standard InChI is InChI=1S/C15H21BrN2/c1-10-9-11(4-7-13(10)16)15-14(17)3-2-8-18(15)12-5-6-12/h4,7,9,12,14-15H,2-3,5-6,8,17H2,1H3. The lowest BCUT2D eigenvalue weighted by Gasteiger charge is -2.40. The molecule has 0 bridgehead atoms. The van der Waals surface area contributed by atoms with E-state index in [4.69, 9.17) is 5.73 Å². The van der Waals surface area contributed by atoms with E-state index in [1.807, 2.05) is 0 Å². The molecule has 1 aliphatic carbocycles. The molecule has 2 unspecified atom stereocenters. The molecule has 98 valence electrons. The Bertz CT molecular complexity index is 442. The van der Waals surface area contributed by atoms with Gasteiger partial charge in [-0.05, 0) is 56.3 Å². The summed E-state index contributed by atoms with van der Waals surface area (Å²) in [5, 5.41) is 0. The summed E-state index contributed by atoms with van der Waals surface area (Å²) < 4.78 is 1.19. The van der Waals surface area contributed by atoms with E-state index in [2.05, 4.69) is 46.0 Å². The number of nitrogens with two attached hydrogens (primary N) is 1. The zero-order valence-corrected chi connectivity index (χ0v) is 12.5. The van der Waals surface area contributed by atoms with Gasteiger partial charge in [0.1, 0.15) is 0 Å². The van der Waals surface area contributed by atoms with Gasteiger partial charge in [-0.1, -0.05) is 28.1 Å². The van der Waals surface area contributed by atoms with Crippen LogP contribution in [0.25, 0.3) is 0 Å². The molecule has 0 spiro atoms. The van der Waals surface area contributed by atoms with Crippen LogP contribution in [-0.4, -0.2) is 23.5 Å². The lowest BCUT2D eigenvalue weighted by atomic mass is 9.90. The highest BCUT2D eigenvalue weighted by atomic mass is 79.9. The molecule has 0 radical (unpaired) electrons. The number of aryl methyl sites for hydroxylation is 1. The van der Waals surface area contributed by atoms with Crippen molar-refractivity contribution in [2.24, 2.45) is 5.73 Å². The van der Waals surface area contributed by atoms with Gasteiger partial charge in [-0.2, -0.15) is 0 Å². The fraction of sp³-hybridized carbons (Fsp3) is 0.600. The Kier molecular flexibility index (Phi) is 3.48. The van der Waals surface area contributed by atoms with Crippen LogP contribution in [0.2, 0.25) is 0 Å². The van der Waals surface area contributed by atoms with Crippen LogP contribution >= 0.6 is 15.9 Å². The third-order valence-corrected chi connectivity index (χ3v) is 5.15. The smallest absolute Gasteiger partial charge is 0.0502 e. The summed E-state index contributed by atoms with van der Waals surface area (Å²) >= 11 is 3.58. The summed E-state index contributed by atoms with van der Waals surface area (Å²) in [5.74, 6) is 0. The molecular formula is C15H21BrN2. The molecule has 2 fully saturated rings. The molecule has 1 saturated heterocycles. The minimum absolute atomic E-state index is 0.292. The third-order valence-electron chi connectivity index (χ3n) is 4.26. The van der Waals surface area contributed by atoms with Gasteiger partial charge < -0.3 is 5.73 Å². The molecule has 0 aromatic heterocycles. The highest BCUT2D eigenvalue weighted by molar-refractivity contribution is 9.10. The molecule has 0 amide bonds. The Labute approximate surface area is 118 Å². The van der Waals surface area contributed by atoms with Crippen LogP contribution in [0.1, 0.15) is 42.9 Å². The first-order chi connectivity index (χ1) is 8.66. The molecule has 1 aromatic rings. The second kappa shape index (κ2) is 4.95. The van der Waals surface area contributed by atoms with E-state index in [0.717, 1.165) is 12.5 Å². The molecule has 1 heterocycles. The van der Waals surface area contributed by atoms with E-state index in [-0.39, 0.29) is 0 Å². The maximum absolute atomic E-state index is 6.40. The van der Waals surface area contributed by atoms with Crippen molar-refractivity contribution >= 4 is 15.9 Å². The van der Waals surface area contributed by atoms with Crippen molar-refractivity contribution in [1.29, 1.82) is 0 Å². The Morgan fingerprint density at radius 2 is 2.06 bits per heavy atom. The number of hydrogen-bond donors (Lipinski definition) is 1. The van der Waals surface area contributed by atoms with E-state index in [1.165, 1.54) is 41.4 Å². The first-order valence-corrected chi connectivity index (χ1v) is 7.73. The van der Waals surface area contributed by atoms with Crippen molar-refractivity contribution in [2.45, 2.75) is 50.7 Å². The zero-order valence-electron chi connectivity index (χ0n) is 10.9. The fourth-order valence-electron chi connectivity index (χ4n) is 3.16. The highest BCUT2D eigenvalue weighted by Crippen LogP contribution is 2.39. The van der Waals surface area contributed by atoms with Crippen LogP contribution < -0.4 is 5.73 Å². The summed E-state index contributed by atoms with van der Waals surface area (Å²) in [4.78, 5) is 2.65. The van der Waals surface area contributed by atoms with Gasteiger partial charge in [0.15, 0.2) is 0 Å². The first-order valence-electron chi connectivity index (χ1n) is 6.94. The van der Waals surface area contributed by atoms with Crippen LogP contribution in [0.3, 0.4) is 0 Å². The topological polar surface area (TPSA) is 29.3 Å². The van der Waals surface area contributed by atoms with Crippen molar-refractivity contribution in [3.05, 3.63) is 33.8 Å². The molecule has 3 heteroatoms. The first kappa shape index (κ1) is 12.6. The molecule has 1 saturated carbocycles. The molecule has 2 N–H and O–H groups in total. The second-order valence-electron chi connectivity index (χ2n) is 5.73. The molecule has 2 aliphatic rings. The van der Waals surface area contributed by atoms with E-state index in [0.29, 0.717) is 12.1 Å². The Hall–Kier alpha value is -0.380. The fourth-order valence-corrected chi connectivity index (χ4v) is 3.41. The largest absolute Gasteiger partial charge is 0.326 e. The number of piperidine rings is 1. The monoisotopic (exact) mass is 308 g/mol. The van der Waals surface area contributed by atoms with Gasteiger partial charge in [0, 0.05) is 16.6 Å². The summed E-state index contributed by atoms with van der Waals surface area (Å²) in [5.41, 5.74) is 9.11. The van der Waals surface area contributed by atoms with Crippen LogP contribution in [0.15, 0.2) is 22.7 Å². The van der Waals surface area contributed by atoms with Gasteiger partial charge in [0.05, 0.1) is 6.04 Å². The van der Waals surface area contributed by atoms with Gasteiger partial charge in [0.2, 0.25) is 0 Å². The maximum atomic E-state index is 6.40. The quantitative estimate of drug-likeness (QED) is 0.907. The Balaban J connectivity index is 1.92. The van der Waals surface area contributed by atoms with E-state index < -0.39 is 0 Å². The van der Waals surface area contributed by atoms with Crippen LogP contribution in [0.5, 0.6) is 0 Å². The lowest BCUT2D eigenvalue weighted by Crippen LogP contribution is -2.46. The normalized spacial score (nSPS) is 29.5. The number of rotatable bonds is 2. The predicted octanol–water partition coefficient (Wildman–Crippen LogP) is 3.38. The van der Waals surface area contributed by atoms with Crippen molar-refractivity contribution in [1.82, 2.24) is 4.90 Å². The third kappa shape index (κ3) is 2.36. The van der Waals surface area contributed by atoms with Crippen LogP contribution in [-0.2, 0) is 0 Å². The molecule has 2 atom stereocenters. The van der Waals surface area contributed by atoms with E-state index in [1.54, 1.807) is 0 Å². The second-order valence-corrected chi connectivity index (χ2v) is 6.58. The van der Waals surface area contributed by atoms with Crippen molar-refractivity contribution in [2.75, 3.05) is 6.54 Å². The summed E-state index contributed by atoms with van der Waals surface area (Å²) in [6.07, 6.45) is 5.13. The molecule has 1 aromatic carbocycles. The summed E-state index contributed by atoms with van der Waals surface area (Å²) in [7, 11) is 0. The lowest BCUT2D eigenvalue weighted by molar-refractivity contribution is 0.120. The van der Waals surface area contributed by atoms with Crippen molar-refractivity contribution in [3.63, 3.8) is 0 Å². The number of halogens is 1. The molecule has 18 heavy (non-hydrogen) atoms. The minimum Gasteiger partial charge on any atom is -0.326 e. The average molecular weight is 309 g/mol. The van der Waals surface area contributed by atoms with Gasteiger partial charge in [0.25, 0.3) is 0 Å². The number of likely N-dealkylation sites (tertiary alicyclic amines) is 1. The van der Waals surface area contributed by atoms with Crippen LogP contribution in [0.4, 0.5) is 0 Å². The van der Waals surface area contributed by atoms with Crippen LogP contribution in [0, 0.1) is 6.92 Å². The maximum Gasteiger partial charge on any atom is 0.0502 e. The van der Waals surface area contributed by atoms with Gasteiger partial charge in [-0.3, -0.25) is 4.90 Å². The Morgan fingerprint density at radius 3 is 2.72 bits per heavy atom. The number of benzene rings is 1. The average Bonchev–Trinajstić information content (AvgIpc) is 3.17. The summed E-state index contributed by atoms with van der Waals surface area (Å²) in [6, 6.07) is 8.22. The summed E-state index contributed by atoms with van der Waals surface area (Å²) in [6.45, 7) is 3.38. The zero-order chi connectivity index (χ0) is 12.7. The molecule has 2 nitrogen and oxygen atoms in total. The molecule has 1 aliphatic heterocycles. The van der Waals surface area contributed by atoms with E-state index >= 15 is 0 Å². The van der Waals surface area contributed by atoms with Gasteiger partial charge >= 0.3 is 0 Å². The predicted molar refractivity (Wildman–Crippen MR) is 78.6 cm³/mol. The van der Waals surface area contributed by atoms with Gasteiger partial charge in [-0.25, -0.2) is 0 Å². The Morgan fingerprint density at radius 1 is 1.28 bits per heavy atom. The number of nitrogens with zero attached hydrogens (tertiary/aromatic N) is 1. The number of hydrogen-bond acceptors (Lipinski definition) is 2. The van der Waals surface area contributed by atoms with Crippen molar-refractivity contribution in [3.8, 4) is 0 Å². The molecular weight excluding hydrogens is 288 g/mol. The minimum atomic E-state index is 0.292. The SMILES string of the molecule is Cc1cc(C2C(N)CCCN2C2CC2)ccc1Br. The van der Waals surface area contributed by atoms with Crippen molar-refractivity contribution < 1.29 is 0 Å². The van der Waals surface area contributed by atoms with Gasteiger partial charge in [-0.15, -0.1) is 0 Å². The van der Waals surface area contributed by atoms with E-state index in [9.17, 15) is 0 Å². The highest BCUT2D eigenvalue weighted by Gasteiger charge is 2.39.